The minimum absolute atomic E-state index is 0.216. The summed E-state index contributed by atoms with van der Waals surface area (Å²) < 4.78 is 26.3. The summed E-state index contributed by atoms with van der Waals surface area (Å²) in [6, 6.07) is 8.70. The van der Waals surface area contributed by atoms with Crippen LogP contribution in [0, 0.1) is 23.0 Å². The van der Waals surface area contributed by atoms with Crippen molar-refractivity contribution in [1.82, 2.24) is 10.3 Å². The molecule has 0 saturated heterocycles. The van der Waals surface area contributed by atoms with Gasteiger partial charge in [-0.2, -0.15) is 5.26 Å². The van der Waals surface area contributed by atoms with Crippen LogP contribution in [0.25, 0.3) is 0 Å². The molecule has 1 aromatic carbocycles. The average Bonchev–Trinajstić information content (AvgIpc) is 2.43. The van der Waals surface area contributed by atoms with Crippen molar-refractivity contribution < 1.29 is 8.78 Å². The van der Waals surface area contributed by atoms with E-state index in [2.05, 4.69) is 10.3 Å². The second-order valence-corrected chi connectivity index (χ2v) is 4.00. The van der Waals surface area contributed by atoms with Gasteiger partial charge < -0.3 is 5.32 Å². The third-order valence-electron chi connectivity index (χ3n) is 2.59. The largest absolute Gasteiger partial charge is 0.309 e. The Balaban J connectivity index is 1.96. The molecule has 2 rings (SSSR count). The number of nitriles is 1. The molecule has 5 heteroatoms. The van der Waals surface area contributed by atoms with Crippen molar-refractivity contribution in [3.63, 3.8) is 0 Å². The van der Waals surface area contributed by atoms with Crippen LogP contribution >= 0.6 is 0 Å². The van der Waals surface area contributed by atoms with Crippen molar-refractivity contribution in [2.45, 2.75) is 13.1 Å². The predicted molar refractivity (Wildman–Crippen MR) is 65.9 cm³/mol. The highest BCUT2D eigenvalue weighted by Gasteiger charge is 2.03. The van der Waals surface area contributed by atoms with Crippen molar-refractivity contribution in [2.75, 3.05) is 0 Å². The summed E-state index contributed by atoms with van der Waals surface area (Å²) in [5, 5.41) is 11.7. The van der Waals surface area contributed by atoms with Crippen molar-refractivity contribution in [3.8, 4) is 6.07 Å². The van der Waals surface area contributed by atoms with E-state index in [0.29, 0.717) is 12.2 Å². The number of hydrogen-bond donors (Lipinski definition) is 1. The maximum absolute atomic E-state index is 13.4. The first kappa shape index (κ1) is 13.1. The molecule has 1 heterocycles. The molecule has 0 atom stereocenters. The van der Waals surface area contributed by atoms with E-state index in [0.717, 1.165) is 23.8 Å². The number of benzene rings is 1. The Labute approximate surface area is 109 Å². The number of pyridine rings is 1. The van der Waals surface area contributed by atoms with Crippen LogP contribution in [0.5, 0.6) is 0 Å². The number of rotatable bonds is 4. The number of aromatic nitrogens is 1. The van der Waals surface area contributed by atoms with Crippen LogP contribution in [0.15, 0.2) is 36.5 Å². The van der Waals surface area contributed by atoms with E-state index >= 15 is 0 Å². The minimum atomic E-state index is -0.464. The number of halogens is 2. The number of hydrogen-bond acceptors (Lipinski definition) is 3. The molecule has 0 amide bonds. The molecule has 1 N–H and O–H groups in total. The maximum Gasteiger partial charge on any atom is 0.140 e. The van der Waals surface area contributed by atoms with Gasteiger partial charge in [0.05, 0.1) is 0 Å². The molecule has 0 spiro atoms. The van der Waals surface area contributed by atoms with Gasteiger partial charge in [-0.15, -0.1) is 0 Å². The average molecular weight is 259 g/mol. The van der Waals surface area contributed by atoms with Gasteiger partial charge >= 0.3 is 0 Å². The second kappa shape index (κ2) is 6.03. The van der Waals surface area contributed by atoms with E-state index in [1.807, 2.05) is 6.07 Å². The van der Waals surface area contributed by atoms with E-state index in [1.54, 1.807) is 18.3 Å². The van der Waals surface area contributed by atoms with Crippen molar-refractivity contribution in [1.29, 1.82) is 5.26 Å². The van der Waals surface area contributed by atoms with Gasteiger partial charge in [0.15, 0.2) is 0 Å². The highest BCUT2D eigenvalue weighted by molar-refractivity contribution is 5.25. The summed E-state index contributed by atoms with van der Waals surface area (Å²) in [6.45, 7) is 0.668. The van der Waals surface area contributed by atoms with Gasteiger partial charge in [-0.05, 0) is 35.9 Å². The van der Waals surface area contributed by atoms with E-state index in [4.69, 9.17) is 5.26 Å². The molecular weight excluding hydrogens is 248 g/mol. The topological polar surface area (TPSA) is 48.7 Å². The Morgan fingerprint density at radius 1 is 1.16 bits per heavy atom. The van der Waals surface area contributed by atoms with Gasteiger partial charge in [0.1, 0.15) is 23.4 Å². The molecule has 0 aliphatic rings. The lowest BCUT2D eigenvalue weighted by molar-refractivity contribution is 0.568. The first-order valence-electron chi connectivity index (χ1n) is 5.68. The molecule has 3 nitrogen and oxygen atoms in total. The van der Waals surface area contributed by atoms with E-state index in [-0.39, 0.29) is 12.1 Å². The van der Waals surface area contributed by atoms with Gasteiger partial charge in [0, 0.05) is 24.8 Å². The van der Waals surface area contributed by atoms with Crippen LogP contribution in [-0.4, -0.2) is 4.98 Å². The summed E-state index contributed by atoms with van der Waals surface area (Å²) in [7, 11) is 0. The third-order valence-corrected chi connectivity index (χ3v) is 2.59. The molecule has 0 radical (unpaired) electrons. The normalized spacial score (nSPS) is 10.2. The summed E-state index contributed by atoms with van der Waals surface area (Å²) >= 11 is 0. The molecule has 0 bridgehead atoms. The Kier molecular flexibility index (Phi) is 4.16. The van der Waals surface area contributed by atoms with E-state index in [1.165, 1.54) is 0 Å². The van der Waals surface area contributed by atoms with Crippen LogP contribution in [0.3, 0.4) is 0 Å². The first-order valence-corrected chi connectivity index (χ1v) is 5.68. The number of nitrogens with zero attached hydrogens (tertiary/aromatic N) is 2. The van der Waals surface area contributed by atoms with Crippen LogP contribution in [-0.2, 0) is 13.1 Å². The molecule has 0 saturated carbocycles. The summed E-state index contributed by atoms with van der Waals surface area (Å²) in [6.07, 6.45) is 1.54. The Bertz CT molecular complexity index is 620. The van der Waals surface area contributed by atoms with Crippen molar-refractivity contribution in [3.05, 3.63) is 65.0 Å². The van der Waals surface area contributed by atoms with Gasteiger partial charge in [-0.1, -0.05) is 0 Å². The monoisotopic (exact) mass is 259 g/mol. The molecule has 2 aromatic rings. The zero-order chi connectivity index (χ0) is 13.7. The fourth-order valence-electron chi connectivity index (χ4n) is 1.67. The van der Waals surface area contributed by atoms with Gasteiger partial charge in [-0.25, -0.2) is 13.8 Å². The van der Waals surface area contributed by atoms with E-state index in [9.17, 15) is 8.78 Å². The lowest BCUT2D eigenvalue weighted by atomic mass is 10.2. The molecule has 0 fully saturated rings. The third kappa shape index (κ3) is 3.57. The molecular formula is C14H11F2N3. The summed E-state index contributed by atoms with van der Waals surface area (Å²) in [5.74, 6) is -0.907. The van der Waals surface area contributed by atoms with Crippen molar-refractivity contribution >= 4 is 0 Å². The van der Waals surface area contributed by atoms with Crippen LogP contribution in [0.1, 0.15) is 16.8 Å². The highest BCUT2D eigenvalue weighted by Crippen LogP contribution is 2.09. The molecule has 0 aliphatic heterocycles. The molecule has 19 heavy (non-hydrogen) atoms. The fourth-order valence-corrected chi connectivity index (χ4v) is 1.67. The standard InChI is InChI=1S/C14H11F2N3/c15-12-1-2-14(16)11(6-12)9-18-8-10-3-4-19-13(5-10)7-17/h1-6,18H,8-9H2. The molecule has 96 valence electrons. The minimum Gasteiger partial charge on any atom is -0.309 e. The molecule has 0 aliphatic carbocycles. The van der Waals surface area contributed by atoms with E-state index < -0.39 is 11.6 Å². The van der Waals surface area contributed by atoms with Gasteiger partial charge in [-0.3, -0.25) is 0 Å². The summed E-state index contributed by atoms with van der Waals surface area (Å²) in [5.41, 5.74) is 1.47. The van der Waals surface area contributed by atoms with Gasteiger partial charge in [0.2, 0.25) is 0 Å². The molecule has 1 aromatic heterocycles. The zero-order valence-corrected chi connectivity index (χ0v) is 10.0. The zero-order valence-electron chi connectivity index (χ0n) is 10.0. The predicted octanol–water partition coefficient (Wildman–Crippen LogP) is 2.52. The quantitative estimate of drug-likeness (QED) is 0.917. The Morgan fingerprint density at radius 3 is 2.79 bits per heavy atom. The first-order chi connectivity index (χ1) is 9.19. The second-order valence-electron chi connectivity index (χ2n) is 4.00. The van der Waals surface area contributed by atoms with Crippen LogP contribution in [0.4, 0.5) is 8.78 Å². The Hall–Kier alpha value is -2.32. The lowest BCUT2D eigenvalue weighted by Gasteiger charge is -2.06. The maximum atomic E-state index is 13.4. The van der Waals surface area contributed by atoms with Crippen molar-refractivity contribution in [2.24, 2.45) is 0 Å². The highest BCUT2D eigenvalue weighted by atomic mass is 19.1. The van der Waals surface area contributed by atoms with Gasteiger partial charge in [0.25, 0.3) is 0 Å². The lowest BCUT2D eigenvalue weighted by Crippen LogP contribution is -2.14. The fraction of sp³-hybridized carbons (Fsp3) is 0.143. The smallest absolute Gasteiger partial charge is 0.140 e. The van der Waals surface area contributed by atoms with Crippen LogP contribution < -0.4 is 5.32 Å². The number of nitrogens with one attached hydrogen (secondary N) is 1. The summed E-state index contributed by atoms with van der Waals surface area (Å²) in [4.78, 5) is 3.85. The van der Waals surface area contributed by atoms with Crippen LogP contribution in [0.2, 0.25) is 0 Å². The Morgan fingerprint density at radius 2 is 2.00 bits per heavy atom. The molecule has 0 unspecified atom stereocenters. The SMILES string of the molecule is N#Cc1cc(CNCc2cc(F)ccc2F)ccn1.